The highest BCUT2D eigenvalue weighted by atomic mass is 127. The van der Waals surface area contributed by atoms with Gasteiger partial charge in [0.25, 0.3) is 0 Å². The second kappa shape index (κ2) is 12.8. The number of piperidine rings is 1. The number of aliphatic hydroxyl groups is 1. The van der Waals surface area contributed by atoms with E-state index in [2.05, 4.69) is 17.6 Å². The number of aliphatic imine (C=N–C) groups is 1. The monoisotopic (exact) mass is 524 g/mol. The highest BCUT2D eigenvalue weighted by Gasteiger charge is 2.27. The average molecular weight is 524 g/mol. The number of likely N-dealkylation sites (tertiary alicyclic amines) is 1. The molecule has 0 radical (unpaired) electrons. The van der Waals surface area contributed by atoms with Crippen LogP contribution in [0.4, 0.5) is 4.79 Å². The van der Waals surface area contributed by atoms with Gasteiger partial charge in [-0.15, -0.1) is 24.0 Å². The molecule has 1 unspecified atom stereocenters. The number of hydrogen-bond acceptors (Lipinski definition) is 4. The normalized spacial score (nSPS) is 25.8. The van der Waals surface area contributed by atoms with E-state index in [1.807, 2.05) is 25.7 Å². The summed E-state index contributed by atoms with van der Waals surface area (Å²) in [6.45, 7) is 10.9. The Balaban J connectivity index is 0.00000420. The summed E-state index contributed by atoms with van der Waals surface area (Å²) in [5.41, 5.74) is -0.449. The van der Waals surface area contributed by atoms with Crippen LogP contribution in [0.25, 0.3) is 0 Å². The lowest BCUT2D eigenvalue weighted by molar-refractivity contribution is 0.0163. The molecule has 8 heteroatoms. The SMILES string of the molecule is CCNC(=NCCC1CCCN(C(=O)OC(C)(C)C)C1)NC1CCC(O)CC1.I. The van der Waals surface area contributed by atoms with Gasteiger partial charge in [-0.2, -0.15) is 0 Å². The molecule has 2 rings (SSSR count). The molecule has 1 aliphatic heterocycles. The predicted molar refractivity (Wildman–Crippen MR) is 128 cm³/mol. The Hall–Kier alpha value is -0.770. The molecule has 0 aromatic carbocycles. The van der Waals surface area contributed by atoms with E-state index in [1.54, 1.807) is 0 Å². The molecule has 0 spiro atoms. The van der Waals surface area contributed by atoms with E-state index in [0.717, 1.165) is 77.1 Å². The first-order valence-corrected chi connectivity index (χ1v) is 11.0. The average Bonchev–Trinajstić information content (AvgIpc) is 2.62. The van der Waals surface area contributed by atoms with E-state index in [1.165, 1.54) is 0 Å². The molecule has 2 fully saturated rings. The molecule has 170 valence electrons. The number of aliphatic hydroxyl groups excluding tert-OH is 1. The smallest absolute Gasteiger partial charge is 0.410 e. The Morgan fingerprint density at radius 1 is 1.21 bits per heavy atom. The predicted octanol–water partition coefficient (Wildman–Crippen LogP) is 3.50. The van der Waals surface area contributed by atoms with Gasteiger partial charge in [-0.25, -0.2) is 4.79 Å². The Morgan fingerprint density at radius 3 is 2.52 bits per heavy atom. The second-order valence-corrected chi connectivity index (χ2v) is 9.13. The van der Waals surface area contributed by atoms with Crippen molar-refractivity contribution in [2.45, 2.75) is 90.4 Å². The molecule has 2 aliphatic rings. The largest absolute Gasteiger partial charge is 0.444 e. The summed E-state index contributed by atoms with van der Waals surface area (Å²) in [7, 11) is 0. The number of nitrogens with zero attached hydrogens (tertiary/aromatic N) is 2. The van der Waals surface area contributed by atoms with Crippen LogP contribution in [0.2, 0.25) is 0 Å². The molecular formula is C21H41IN4O3. The second-order valence-electron chi connectivity index (χ2n) is 9.13. The maximum absolute atomic E-state index is 12.3. The van der Waals surface area contributed by atoms with E-state index in [0.29, 0.717) is 12.0 Å². The molecule has 1 saturated carbocycles. The summed E-state index contributed by atoms with van der Waals surface area (Å²) >= 11 is 0. The maximum Gasteiger partial charge on any atom is 0.410 e. The van der Waals surface area contributed by atoms with Crippen LogP contribution in [0.3, 0.4) is 0 Å². The van der Waals surface area contributed by atoms with Crippen LogP contribution in [-0.4, -0.2) is 66.0 Å². The van der Waals surface area contributed by atoms with Crippen molar-refractivity contribution >= 4 is 36.0 Å². The van der Waals surface area contributed by atoms with E-state index < -0.39 is 5.60 Å². The standard InChI is InChI=1S/C21H40N4O3.HI/c1-5-22-19(24-17-8-10-18(26)11-9-17)23-13-12-16-7-6-14-25(15-16)20(27)28-21(2,3)4;/h16-18,26H,5-15H2,1-4H3,(H2,22,23,24);1H. The van der Waals surface area contributed by atoms with Gasteiger partial charge in [0.2, 0.25) is 0 Å². The van der Waals surface area contributed by atoms with Crippen molar-refractivity contribution < 1.29 is 14.6 Å². The molecule has 3 N–H and O–H groups in total. The van der Waals surface area contributed by atoms with Crippen molar-refractivity contribution in [3.63, 3.8) is 0 Å². The van der Waals surface area contributed by atoms with Gasteiger partial charge < -0.3 is 25.4 Å². The maximum atomic E-state index is 12.3. The zero-order chi connectivity index (χ0) is 20.6. The number of amides is 1. The van der Waals surface area contributed by atoms with Gasteiger partial charge in [-0.05, 0) is 78.6 Å². The number of halogens is 1. The van der Waals surface area contributed by atoms with Crippen molar-refractivity contribution in [3.05, 3.63) is 0 Å². The quantitative estimate of drug-likeness (QED) is 0.291. The summed E-state index contributed by atoms with van der Waals surface area (Å²) in [5.74, 6) is 1.33. The van der Waals surface area contributed by atoms with Gasteiger partial charge in [-0.1, -0.05) is 0 Å². The molecular weight excluding hydrogens is 483 g/mol. The summed E-state index contributed by atoms with van der Waals surface area (Å²) in [4.78, 5) is 18.9. The first-order valence-electron chi connectivity index (χ1n) is 11.0. The number of ether oxygens (including phenoxy) is 1. The van der Waals surface area contributed by atoms with Crippen molar-refractivity contribution in [2.75, 3.05) is 26.2 Å². The van der Waals surface area contributed by atoms with E-state index in [-0.39, 0.29) is 36.2 Å². The number of rotatable bonds is 5. The Bertz CT molecular complexity index is 517. The van der Waals surface area contributed by atoms with Gasteiger partial charge in [0, 0.05) is 32.2 Å². The number of carbonyl (C=O) groups is 1. The van der Waals surface area contributed by atoms with Gasteiger partial charge in [0.05, 0.1) is 6.10 Å². The fourth-order valence-corrected chi connectivity index (χ4v) is 3.89. The number of guanidine groups is 1. The lowest BCUT2D eigenvalue weighted by Gasteiger charge is -2.34. The summed E-state index contributed by atoms with van der Waals surface area (Å²) in [6, 6.07) is 0.388. The molecule has 7 nitrogen and oxygen atoms in total. The van der Waals surface area contributed by atoms with Crippen LogP contribution in [0.5, 0.6) is 0 Å². The minimum atomic E-state index is -0.449. The van der Waals surface area contributed by atoms with Crippen LogP contribution in [-0.2, 0) is 4.74 Å². The number of carbonyl (C=O) groups excluding carboxylic acids is 1. The third-order valence-electron chi connectivity index (χ3n) is 5.36. The minimum Gasteiger partial charge on any atom is -0.444 e. The highest BCUT2D eigenvalue weighted by Crippen LogP contribution is 2.22. The van der Waals surface area contributed by atoms with Crippen molar-refractivity contribution in [1.29, 1.82) is 0 Å². The summed E-state index contributed by atoms with van der Waals surface area (Å²) < 4.78 is 5.51. The van der Waals surface area contributed by atoms with Crippen LogP contribution in [0, 0.1) is 5.92 Å². The van der Waals surface area contributed by atoms with Gasteiger partial charge in [0.1, 0.15) is 5.60 Å². The zero-order valence-corrected chi connectivity index (χ0v) is 20.9. The van der Waals surface area contributed by atoms with E-state index in [4.69, 9.17) is 9.73 Å². The Labute approximate surface area is 193 Å². The number of hydrogen-bond donors (Lipinski definition) is 3. The third kappa shape index (κ3) is 10.2. The topological polar surface area (TPSA) is 86.2 Å². The summed E-state index contributed by atoms with van der Waals surface area (Å²) in [5, 5.41) is 16.5. The fourth-order valence-electron chi connectivity index (χ4n) is 3.89. The lowest BCUT2D eigenvalue weighted by atomic mass is 9.93. The molecule has 1 heterocycles. The zero-order valence-electron chi connectivity index (χ0n) is 18.6. The molecule has 1 amide bonds. The van der Waals surface area contributed by atoms with E-state index in [9.17, 15) is 9.90 Å². The van der Waals surface area contributed by atoms with Gasteiger partial charge in [0.15, 0.2) is 5.96 Å². The van der Waals surface area contributed by atoms with Crippen molar-refractivity contribution in [1.82, 2.24) is 15.5 Å². The molecule has 1 aliphatic carbocycles. The molecule has 29 heavy (non-hydrogen) atoms. The lowest BCUT2D eigenvalue weighted by Crippen LogP contribution is -2.45. The molecule has 0 aromatic rings. The third-order valence-corrected chi connectivity index (χ3v) is 5.36. The first-order chi connectivity index (χ1) is 13.3. The molecule has 0 aromatic heterocycles. The van der Waals surface area contributed by atoms with Gasteiger partial charge >= 0.3 is 6.09 Å². The Morgan fingerprint density at radius 2 is 1.90 bits per heavy atom. The Kier molecular flexibility index (Phi) is 11.6. The van der Waals surface area contributed by atoms with Crippen LogP contribution in [0.1, 0.15) is 72.6 Å². The molecule has 1 saturated heterocycles. The molecule has 1 atom stereocenters. The first kappa shape index (κ1) is 26.3. The summed E-state index contributed by atoms with van der Waals surface area (Å²) in [6.07, 6.45) is 6.48. The number of nitrogens with one attached hydrogen (secondary N) is 2. The fraction of sp³-hybridized carbons (Fsp3) is 0.905. The van der Waals surface area contributed by atoms with Crippen LogP contribution < -0.4 is 10.6 Å². The van der Waals surface area contributed by atoms with Crippen LogP contribution in [0.15, 0.2) is 4.99 Å². The van der Waals surface area contributed by atoms with E-state index >= 15 is 0 Å². The van der Waals surface area contributed by atoms with Crippen molar-refractivity contribution in [3.8, 4) is 0 Å². The van der Waals surface area contributed by atoms with Crippen LogP contribution >= 0.6 is 24.0 Å². The molecule has 0 bridgehead atoms. The van der Waals surface area contributed by atoms with Crippen molar-refractivity contribution in [2.24, 2.45) is 10.9 Å². The highest BCUT2D eigenvalue weighted by molar-refractivity contribution is 14.0. The minimum absolute atomic E-state index is 0. The van der Waals surface area contributed by atoms with Gasteiger partial charge in [-0.3, -0.25) is 4.99 Å².